The number of sulfonamides is 1. The highest BCUT2D eigenvalue weighted by molar-refractivity contribution is 7.91. The molecule has 0 radical (unpaired) electrons. The van der Waals surface area contributed by atoms with Crippen LogP contribution in [0.5, 0.6) is 0 Å². The van der Waals surface area contributed by atoms with E-state index < -0.39 is 20.8 Å². The van der Waals surface area contributed by atoms with E-state index in [-0.39, 0.29) is 10.8 Å². The fourth-order valence-electron chi connectivity index (χ4n) is 1.03. The van der Waals surface area contributed by atoms with E-state index in [1.54, 1.807) is 6.92 Å². The smallest absolute Gasteiger partial charge is 0.250 e. The zero-order chi connectivity index (χ0) is 12.9. The van der Waals surface area contributed by atoms with E-state index in [0.717, 1.165) is 11.3 Å². The minimum absolute atomic E-state index is 0.108. The van der Waals surface area contributed by atoms with E-state index in [4.69, 9.17) is 5.26 Å². The van der Waals surface area contributed by atoms with Crippen LogP contribution in [0.3, 0.4) is 0 Å². The highest BCUT2D eigenvalue weighted by Gasteiger charge is 2.16. The van der Waals surface area contributed by atoms with Crippen LogP contribution in [0.25, 0.3) is 0 Å². The molecule has 0 amide bonds. The topological polar surface area (TPSA) is 87.0 Å². The van der Waals surface area contributed by atoms with Gasteiger partial charge in [0, 0.05) is 28.9 Å². The van der Waals surface area contributed by atoms with Crippen LogP contribution in [0.2, 0.25) is 0 Å². The third-order valence-electron chi connectivity index (χ3n) is 1.90. The third-order valence-corrected chi connectivity index (χ3v) is 6.15. The molecule has 1 atom stereocenters. The van der Waals surface area contributed by atoms with Gasteiger partial charge in [-0.05, 0) is 12.1 Å². The Labute approximate surface area is 107 Å². The second-order valence-corrected chi connectivity index (χ2v) is 8.00. The molecule has 0 spiro atoms. The van der Waals surface area contributed by atoms with Crippen molar-refractivity contribution >= 4 is 32.2 Å². The fraction of sp³-hybridized carbons (Fsp3) is 0.444. The number of hydrogen-bond acceptors (Lipinski definition) is 5. The highest BCUT2D eigenvalue weighted by Crippen LogP contribution is 2.20. The summed E-state index contributed by atoms with van der Waals surface area (Å²) >= 11 is 0.917. The van der Waals surface area contributed by atoms with Crippen molar-refractivity contribution in [3.63, 3.8) is 0 Å². The number of hydrogen-bond donors (Lipinski definition) is 1. The quantitative estimate of drug-likeness (QED) is 0.834. The van der Waals surface area contributed by atoms with Gasteiger partial charge in [0.15, 0.2) is 0 Å². The van der Waals surface area contributed by atoms with Gasteiger partial charge in [-0.3, -0.25) is 4.21 Å². The van der Waals surface area contributed by atoms with Gasteiger partial charge in [-0.25, -0.2) is 13.1 Å². The molecular weight excluding hydrogens is 280 g/mol. The zero-order valence-corrected chi connectivity index (χ0v) is 11.6. The molecule has 1 aromatic heterocycles. The van der Waals surface area contributed by atoms with E-state index in [1.807, 2.05) is 6.07 Å². The lowest BCUT2D eigenvalue weighted by atomic mass is 10.5. The molecule has 1 unspecified atom stereocenters. The summed E-state index contributed by atoms with van der Waals surface area (Å²) in [5.74, 6) is 0.811. The first-order chi connectivity index (χ1) is 7.99. The summed E-state index contributed by atoms with van der Waals surface area (Å²) in [5.41, 5.74) is 0. The maximum atomic E-state index is 11.7. The molecule has 0 fully saturated rings. The van der Waals surface area contributed by atoms with Gasteiger partial charge in [-0.15, -0.1) is 11.3 Å². The normalized spacial score (nSPS) is 13.2. The van der Waals surface area contributed by atoms with Crippen LogP contribution in [0.1, 0.15) is 11.8 Å². The van der Waals surface area contributed by atoms with Crippen LogP contribution in [0.15, 0.2) is 16.3 Å². The molecule has 0 saturated carbocycles. The molecule has 1 aromatic rings. The molecule has 0 aromatic carbocycles. The van der Waals surface area contributed by atoms with E-state index in [2.05, 4.69) is 4.72 Å². The van der Waals surface area contributed by atoms with Crippen molar-refractivity contribution in [2.45, 2.75) is 11.1 Å². The van der Waals surface area contributed by atoms with Crippen molar-refractivity contribution in [1.29, 1.82) is 5.26 Å². The maximum absolute atomic E-state index is 11.7. The molecule has 0 aliphatic rings. The monoisotopic (exact) mass is 292 g/mol. The molecule has 17 heavy (non-hydrogen) atoms. The summed E-state index contributed by atoms with van der Waals surface area (Å²) in [6, 6.07) is 4.73. The van der Waals surface area contributed by atoms with Crippen LogP contribution >= 0.6 is 11.3 Å². The molecule has 5 nitrogen and oxygen atoms in total. The van der Waals surface area contributed by atoms with Gasteiger partial charge < -0.3 is 0 Å². The largest absolute Gasteiger partial charge is 0.260 e. The van der Waals surface area contributed by atoms with E-state index in [0.29, 0.717) is 16.4 Å². The zero-order valence-electron chi connectivity index (χ0n) is 9.17. The van der Waals surface area contributed by atoms with E-state index in [1.165, 1.54) is 12.1 Å². The molecule has 94 valence electrons. The summed E-state index contributed by atoms with van der Waals surface area (Å²) in [4.78, 5) is 0.350. The second kappa shape index (κ2) is 6.26. The van der Waals surface area contributed by atoms with Crippen molar-refractivity contribution in [3.8, 4) is 6.07 Å². The molecule has 1 N–H and O–H groups in total. The predicted molar refractivity (Wildman–Crippen MR) is 67.8 cm³/mol. The Morgan fingerprint density at radius 1 is 1.53 bits per heavy atom. The summed E-state index contributed by atoms with van der Waals surface area (Å²) < 4.78 is 37.0. The van der Waals surface area contributed by atoms with Gasteiger partial charge in [0.05, 0.1) is 0 Å². The summed E-state index contributed by atoms with van der Waals surface area (Å²) in [6.45, 7) is 1.92. The lowest BCUT2D eigenvalue weighted by Gasteiger charge is -2.03. The molecule has 0 aliphatic heterocycles. The number of nitriles is 1. The Balaban J connectivity index is 2.63. The van der Waals surface area contributed by atoms with Crippen LogP contribution in [0, 0.1) is 11.3 Å². The number of thiophene rings is 1. The Bertz CT molecular complexity index is 542. The fourth-order valence-corrected chi connectivity index (χ4v) is 3.96. The van der Waals surface area contributed by atoms with Gasteiger partial charge in [-0.2, -0.15) is 5.26 Å². The van der Waals surface area contributed by atoms with Gasteiger partial charge in [0.1, 0.15) is 15.2 Å². The van der Waals surface area contributed by atoms with Gasteiger partial charge in [-0.1, -0.05) is 6.92 Å². The van der Waals surface area contributed by atoms with Crippen molar-refractivity contribution < 1.29 is 12.6 Å². The first-order valence-electron chi connectivity index (χ1n) is 4.84. The molecule has 0 bridgehead atoms. The Kier molecular flexibility index (Phi) is 5.27. The minimum Gasteiger partial charge on any atom is -0.260 e. The molecular formula is C9H12N2O3S3. The third kappa shape index (κ3) is 4.20. The average Bonchev–Trinajstić information content (AvgIpc) is 2.77. The molecule has 0 aliphatic carbocycles. The van der Waals surface area contributed by atoms with Crippen LogP contribution in [0.4, 0.5) is 0 Å². The van der Waals surface area contributed by atoms with Crippen molar-refractivity contribution in [3.05, 3.63) is 17.0 Å². The summed E-state index contributed by atoms with van der Waals surface area (Å²) in [6.07, 6.45) is 0. The predicted octanol–water partition coefficient (Wildman–Crippen LogP) is 0.667. The Morgan fingerprint density at radius 3 is 2.76 bits per heavy atom. The van der Waals surface area contributed by atoms with Crippen LogP contribution in [-0.2, 0) is 20.8 Å². The molecule has 1 rings (SSSR count). The SMILES string of the molecule is CCS(=O)CCNS(=O)(=O)c1ccc(C#N)s1. The maximum Gasteiger partial charge on any atom is 0.250 e. The Morgan fingerprint density at radius 2 is 2.24 bits per heavy atom. The number of rotatable bonds is 6. The van der Waals surface area contributed by atoms with Crippen molar-refractivity contribution in [1.82, 2.24) is 4.72 Å². The standard InChI is InChI=1S/C9H12N2O3S3/c1-2-16(12)6-5-11-17(13,14)9-4-3-8(7-10)15-9/h3-4,11H,2,5-6H2,1H3. The molecule has 0 saturated heterocycles. The van der Waals surface area contributed by atoms with Crippen LogP contribution in [-0.4, -0.2) is 30.7 Å². The highest BCUT2D eigenvalue weighted by atomic mass is 32.2. The molecule has 1 heterocycles. The first kappa shape index (κ1) is 14.3. The van der Waals surface area contributed by atoms with E-state index >= 15 is 0 Å². The van der Waals surface area contributed by atoms with Gasteiger partial charge >= 0.3 is 0 Å². The molecule has 8 heteroatoms. The Hall–Kier alpha value is -0.750. The van der Waals surface area contributed by atoms with Gasteiger partial charge in [0.25, 0.3) is 0 Å². The lowest BCUT2D eigenvalue weighted by molar-refractivity contribution is 0.586. The second-order valence-electron chi connectivity index (χ2n) is 3.06. The van der Waals surface area contributed by atoms with Crippen LogP contribution < -0.4 is 4.72 Å². The minimum atomic E-state index is -3.57. The summed E-state index contributed by atoms with van der Waals surface area (Å²) in [7, 11) is -4.56. The van der Waals surface area contributed by atoms with Crippen molar-refractivity contribution in [2.24, 2.45) is 0 Å². The summed E-state index contributed by atoms with van der Waals surface area (Å²) in [5, 5.41) is 8.60. The average molecular weight is 292 g/mol. The lowest BCUT2D eigenvalue weighted by Crippen LogP contribution is -2.27. The van der Waals surface area contributed by atoms with E-state index in [9.17, 15) is 12.6 Å². The number of nitrogens with one attached hydrogen (secondary N) is 1. The number of nitrogens with zero attached hydrogens (tertiary/aromatic N) is 1. The van der Waals surface area contributed by atoms with Gasteiger partial charge in [0.2, 0.25) is 10.0 Å². The first-order valence-corrected chi connectivity index (χ1v) is 8.63. The van der Waals surface area contributed by atoms with Crippen molar-refractivity contribution in [2.75, 3.05) is 18.1 Å².